The summed E-state index contributed by atoms with van der Waals surface area (Å²) < 4.78 is 6.14. The van der Waals surface area contributed by atoms with Gasteiger partial charge in [-0.25, -0.2) is 19.9 Å². The third-order valence-corrected chi connectivity index (χ3v) is 7.78. The monoisotopic (exact) mass is 610 g/mol. The van der Waals surface area contributed by atoms with Crippen LogP contribution in [0.1, 0.15) is 6.42 Å². The van der Waals surface area contributed by atoms with Crippen molar-refractivity contribution in [3.63, 3.8) is 0 Å². The average Bonchev–Trinajstić information content (AvgIpc) is 3.12. The summed E-state index contributed by atoms with van der Waals surface area (Å²) in [5.74, 6) is 2.04. The highest BCUT2D eigenvalue weighted by atomic mass is 16.5. The van der Waals surface area contributed by atoms with Gasteiger partial charge in [0.1, 0.15) is 5.69 Å². The standard InChI is InChI=1S/C35H34N10O/c1-2-8-25(9-3-1)32-27-10-4-5-11-28(27)33(44-43-32)41-26-13-14-31(40-24-26)46-34-29(12-6-16-37-34)30-15-18-39-35(42-30)38-17-7-21-45-22-19-36-20-23-45/h1-6,8-16,18,24,36H,7,17,19-23H2,(H,41,44)(H,38,39,42). The summed E-state index contributed by atoms with van der Waals surface area (Å²) in [6.45, 7) is 6.16. The Balaban J connectivity index is 1.02. The van der Waals surface area contributed by atoms with E-state index in [-0.39, 0.29) is 0 Å². The molecule has 230 valence electrons. The van der Waals surface area contributed by atoms with Crippen molar-refractivity contribution in [1.29, 1.82) is 0 Å². The molecular formula is C35H34N10O. The minimum atomic E-state index is 0.404. The molecule has 46 heavy (non-hydrogen) atoms. The number of piperazine rings is 1. The number of anilines is 3. The normalized spacial score (nSPS) is 13.4. The quantitative estimate of drug-likeness (QED) is 0.154. The van der Waals surface area contributed by atoms with Gasteiger partial charge in [0.2, 0.25) is 17.7 Å². The molecule has 0 unspecified atom stereocenters. The van der Waals surface area contributed by atoms with E-state index in [1.165, 1.54) is 0 Å². The molecule has 0 atom stereocenters. The number of hydrogen-bond acceptors (Lipinski definition) is 11. The van der Waals surface area contributed by atoms with Gasteiger partial charge in [0.05, 0.1) is 23.1 Å². The molecule has 0 saturated carbocycles. The zero-order valence-corrected chi connectivity index (χ0v) is 25.3. The predicted octanol–water partition coefficient (Wildman–Crippen LogP) is 5.79. The summed E-state index contributed by atoms with van der Waals surface area (Å²) in [7, 11) is 0. The van der Waals surface area contributed by atoms with E-state index >= 15 is 0 Å². The molecule has 0 aliphatic carbocycles. The molecule has 11 heteroatoms. The molecule has 1 aliphatic rings. The second-order valence-electron chi connectivity index (χ2n) is 10.9. The third kappa shape index (κ3) is 6.90. The van der Waals surface area contributed by atoms with E-state index in [0.717, 1.165) is 79.0 Å². The van der Waals surface area contributed by atoms with Gasteiger partial charge < -0.3 is 25.6 Å². The maximum absolute atomic E-state index is 6.14. The van der Waals surface area contributed by atoms with E-state index in [1.807, 2.05) is 72.8 Å². The highest BCUT2D eigenvalue weighted by molar-refractivity contribution is 6.00. The molecule has 1 saturated heterocycles. The first kappa shape index (κ1) is 29.2. The minimum absolute atomic E-state index is 0.404. The highest BCUT2D eigenvalue weighted by Gasteiger charge is 2.14. The molecule has 1 aliphatic heterocycles. The van der Waals surface area contributed by atoms with Crippen LogP contribution in [0.5, 0.6) is 11.8 Å². The lowest BCUT2D eigenvalue weighted by atomic mass is 10.0. The van der Waals surface area contributed by atoms with Gasteiger partial charge in [-0.2, -0.15) is 0 Å². The molecular weight excluding hydrogens is 576 g/mol. The fourth-order valence-corrected chi connectivity index (χ4v) is 5.45. The molecule has 1 fully saturated rings. The molecule has 3 N–H and O–H groups in total. The van der Waals surface area contributed by atoms with Crippen LogP contribution in [0.4, 0.5) is 17.5 Å². The van der Waals surface area contributed by atoms with Crippen molar-refractivity contribution in [3.05, 3.63) is 104 Å². The smallest absolute Gasteiger partial charge is 0.230 e. The number of pyridine rings is 2. The second-order valence-corrected chi connectivity index (χ2v) is 10.9. The first-order valence-electron chi connectivity index (χ1n) is 15.5. The number of ether oxygens (including phenoxy) is 1. The maximum atomic E-state index is 6.14. The number of benzene rings is 2. The summed E-state index contributed by atoms with van der Waals surface area (Å²) in [6, 6.07) is 27.5. The minimum Gasteiger partial charge on any atom is -0.420 e. The highest BCUT2D eigenvalue weighted by Crippen LogP contribution is 2.32. The van der Waals surface area contributed by atoms with Crippen LogP contribution in [0.15, 0.2) is 104 Å². The van der Waals surface area contributed by atoms with Crippen molar-refractivity contribution in [1.82, 2.24) is 40.3 Å². The molecule has 0 amide bonds. The van der Waals surface area contributed by atoms with E-state index in [9.17, 15) is 0 Å². The van der Waals surface area contributed by atoms with Crippen LogP contribution in [0.25, 0.3) is 33.3 Å². The van der Waals surface area contributed by atoms with Gasteiger partial charge in [-0.3, -0.25) is 0 Å². The fourth-order valence-electron chi connectivity index (χ4n) is 5.45. The average molecular weight is 611 g/mol. The van der Waals surface area contributed by atoms with E-state index in [0.29, 0.717) is 29.2 Å². The summed E-state index contributed by atoms with van der Waals surface area (Å²) in [6.07, 6.45) is 6.16. The first-order valence-corrected chi connectivity index (χ1v) is 15.5. The van der Waals surface area contributed by atoms with Gasteiger partial charge in [-0.05, 0) is 37.2 Å². The van der Waals surface area contributed by atoms with Crippen molar-refractivity contribution >= 4 is 28.2 Å². The third-order valence-electron chi connectivity index (χ3n) is 7.78. The van der Waals surface area contributed by atoms with Gasteiger partial charge in [-0.15, -0.1) is 10.2 Å². The Hall–Kier alpha value is -5.52. The molecule has 4 aromatic heterocycles. The van der Waals surface area contributed by atoms with Crippen molar-refractivity contribution in [2.75, 3.05) is 49.9 Å². The molecule has 6 aromatic rings. The van der Waals surface area contributed by atoms with E-state index in [2.05, 4.69) is 52.1 Å². The second kappa shape index (κ2) is 14.1. The Labute approximate surface area is 267 Å². The van der Waals surface area contributed by atoms with Crippen LogP contribution < -0.4 is 20.7 Å². The molecule has 5 heterocycles. The summed E-state index contributed by atoms with van der Waals surface area (Å²) >= 11 is 0. The molecule has 0 radical (unpaired) electrons. The van der Waals surface area contributed by atoms with Crippen LogP contribution in [0.3, 0.4) is 0 Å². The number of nitrogens with one attached hydrogen (secondary N) is 3. The predicted molar refractivity (Wildman–Crippen MR) is 180 cm³/mol. The number of hydrogen-bond donors (Lipinski definition) is 3. The topological polar surface area (TPSA) is 126 Å². The van der Waals surface area contributed by atoms with Crippen LogP contribution in [0, 0.1) is 0 Å². The summed E-state index contributed by atoms with van der Waals surface area (Å²) in [5, 5.41) is 21.2. The molecule has 0 spiro atoms. The van der Waals surface area contributed by atoms with Crippen molar-refractivity contribution < 1.29 is 4.74 Å². The van der Waals surface area contributed by atoms with E-state index in [4.69, 9.17) is 9.72 Å². The number of rotatable bonds is 11. The van der Waals surface area contributed by atoms with Crippen LogP contribution in [-0.2, 0) is 0 Å². The van der Waals surface area contributed by atoms with Crippen LogP contribution >= 0.6 is 0 Å². The van der Waals surface area contributed by atoms with Gasteiger partial charge in [0, 0.05) is 67.5 Å². The first-order chi connectivity index (χ1) is 22.8. The van der Waals surface area contributed by atoms with Gasteiger partial charge in [-0.1, -0.05) is 54.6 Å². The molecule has 2 aromatic carbocycles. The fraction of sp³-hybridized carbons (Fsp3) is 0.200. The SMILES string of the molecule is c1ccc(-c2nnc(Nc3ccc(Oc4ncccc4-c4ccnc(NCCCN5CCNCC5)n4)nc3)c3ccccc23)cc1. The van der Waals surface area contributed by atoms with Gasteiger partial charge in [0.15, 0.2) is 5.82 Å². The Bertz CT molecular complexity index is 1900. The lowest BCUT2D eigenvalue weighted by Crippen LogP contribution is -2.44. The Morgan fingerprint density at radius 3 is 2.48 bits per heavy atom. The maximum Gasteiger partial charge on any atom is 0.230 e. The lowest BCUT2D eigenvalue weighted by molar-refractivity contribution is 0.240. The van der Waals surface area contributed by atoms with E-state index < -0.39 is 0 Å². The summed E-state index contributed by atoms with van der Waals surface area (Å²) in [5.41, 5.74) is 4.07. The zero-order chi connectivity index (χ0) is 31.0. The zero-order valence-electron chi connectivity index (χ0n) is 25.3. The number of aromatic nitrogens is 6. The Morgan fingerprint density at radius 1 is 0.783 bits per heavy atom. The van der Waals surface area contributed by atoms with Gasteiger partial charge in [0.25, 0.3) is 0 Å². The van der Waals surface area contributed by atoms with Crippen LogP contribution in [-0.4, -0.2) is 74.3 Å². The van der Waals surface area contributed by atoms with Gasteiger partial charge >= 0.3 is 0 Å². The Kier molecular flexibility index (Phi) is 8.93. The van der Waals surface area contributed by atoms with Crippen molar-refractivity contribution in [2.24, 2.45) is 0 Å². The summed E-state index contributed by atoms with van der Waals surface area (Å²) in [4.78, 5) is 20.6. The molecule has 11 nitrogen and oxygen atoms in total. The number of fused-ring (bicyclic) bond motifs is 1. The number of nitrogens with zero attached hydrogens (tertiary/aromatic N) is 7. The lowest BCUT2D eigenvalue weighted by Gasteiger charge is -2.27. The van der Waals surface area contributed by atoms with Crippen LogP contribution in [0.2, 0.25) is 0 Å². The molecule has 0 bridgehead atoms. The Morgan fingerprint density at radius 2 is 1.63 bits per heavy atom. The van der Waals surface area contributed by atoms with Crippen molar-refractivity contribution in [2.45, 2.75) is 6.42 Å². The molecule has 7 rings (SSSR count). The largest absolute Gasteiger partial charge is 0.420 e. The van der Waals surface area contributed by atoms with Crippen molar-refractivity contribution in [3.8, 4) is 34.3 Å². The van der Waals surface area contributed by atoms with E-state index in [1.54, 1.807) is 24.7 Å².